The van der Waals surface area contributed by atoms with Gasteiger partial charge in [-0.3, -0.25) is 4.90 Å². The molecule has 1 fully saturated rings. The fourth-order valence-corrected chi connectivity index (χ4v) is 1.87. The van der Waals surface area contributed by atoms with E-state index < -0.39 is 0 Å². The maximum Gasteiger partial charge on any atom is 0.0499 e. The Morgan fingerprint density at radius 3 is 2.53 bits per heavy atom. The third kappa shape index (κ3) is 4.96. The number of nitrogens with zero attached hydrogens (tertiary/aromatic N) is 1. The predicted octanol–water partition coefficient (Wildman–Crippen LogP) is 1.34. The normalized spacial score (nSPS) is 20.6. The van der Waals surface area contributed by atoms with Crippen LogP contribution in [0.3, 0.4) is 0 Å². The van der Waals surface area contributed by atoms with E-state index in [0.717, 1.165) is 25.7 Å². The first-order valence-corrected chi connectivity index (χ1v) is 6.06. The highest BCUT2D eigenvalue weighted by Crippen LogP contribution is 2.26. The van der Waals surface area contributed by atoms with Crippen LogP contribution in [0.5, 0.6) is 0 Å². The summed E-state index contributed by atoms with van der Waals surface area (Å²) in [6.45, 7) is 7.50. The van der Waals surface area contributed by atoms with Crippen molar-refractivity contribution in [2.45, 2.75) is 38.8 Å². The molecule has 1 rings (SSSR count). The Labute approximate surface area is 94.2 Å². The van der Waals surface area contributed by atoms with Gasteiger partial charge in [0, 0.05) is 32.3 Å². The third-order valence-corrected chi connectivity index (χ3v) is 3.20. The Bertz CT molecular complexity index is 171. The number of likely N-dealkylation sites (N-methyl/N-ethyl adjacent to an activating group) is 1. The fourth-order valence-electron chi connectivity index (χ4n) is 1.87. The van der Waals surface area contributed by atoms with Gasteiger partial charge in [0.05, 0.1) is 0 Å². The van der Waals surface area contributed by atoms with Crippen molar-refractivity contribution in [3.05, 3.63) is 0 Å². The SMILES string of the molecule is COCC(C)CNCC(C)N(C)C1CC1. The predicted molar refractivity (Wildman–Crippen MR) is 64.2 cm³/mol. The first-order valence-electron chi connectivity index (χ1n) is 6.06. The summed E-state index contributed by atoms with van der Waals surface area (Å²) in [6, 6.07) is 1.51. The first-order chi connectivity index (χ1) is 7.15. The average Bonchev–Trinajstić information content (AvgIpc) is 3.00. The van der Waals surface area contributed by atoms with Gasteiger partial charge in [0.15, 0.2) is 0 Å². The molecule has 0 aromatic carbocycles. The smallest absolute Gasteiger partial charge is 0.0499 e. The molecule has 1 saturated carbocycles. The molecular formula is C12H26N2O. The van der Waals surface area contributed by atoms with Gasteiger partial charge >= 0.3 is 0 Å². The van der Waals surface area contributed by atoms with Crippen LogP contribution in [0.25, 0.3) is 0 Å². The van der Waals surface area contributed by atoms with E-state index in [9.17, 15) is 0 Å². The van der Waals surface area contributed by atoms with Crippen LogP contribution in [0.1, 0.15) is 26.7 Å². The van der Waals surface area contributed by atoms with Gasteiger partial charge in [-0.05, 0) is 39.3 Å². The Morgan fingerprint density at radius 1 is 1.33 bits per heavy atom. The third-order valence-electron chi connectivity index (χ3n) is 3.20. The van der Waals surface area contributed by atoms with Crippen LogP contribution in [-0.4, -0.2) is 50.8 Å². The van der Waals surface area contributed by atoms with Gasteiger partial charge in [-0.25, -0.2) is 0 Å². The second kappa shape index (κ2) is 6.46. The summed E-state index contributed by atoms with van der Waals surface area (Å²) in [5, 5.41) is 3.51. The maximum atomic E-state index is 5.11. The van der Waals surface area contributed by atoms with Crippen molar-refractivity contribution in [2.24, 2.45) is 5.92 Å². The van der Waals surface area contributed by atoms with E-state index in [1.165, 1.54) is 12.8 Å². The van der Waals surface area contributed by atoms with Gasteiger partial charge in [-0.2, -0.15) is 0 Å². The monoisotopic (exact) mass is 214 g/mol. The van der Waals surface area contributed by atoms with Crippen molar-refractivity contribution in [2.75, 3.05) is 33.9 Å². The van der Waals surface area contributed by atoms with E-state index in [4.69, 9.17) is 4.74 Å². The van der Waals surface area contributed by atoms with E-state index in [-0.39, 0.29) is 0 Å². The van der Waals surface area contributed by atoms with Crippen molar-refractivity contribution in [3.63, 3.8) is 0 Å². The highest BCUT2D eigenvalue weighted by Gasteiger charge is 2.28. The molecule has 0 aromatic rings. The van der Waals surface area contributed by atoms with Crippen LogP contribution in [0.2, 0.25) is 0 Å². The molecule has 0 heterocycles. The zero-order valence-corrected chi connectivity index (χ0v) is 10.6. The van der Waals surface area contributed by atoms with Crippen LogP contribution in [0, 0.1) is 5.92 Å². The molecule has 0 aliphatic heterocycles. The lowest BCUT2D eigenvalue weighted by Gasteiger charge is -2.25. The van der Waals surface area contributed by atoms with Crippen molar-refractivity contribution in [1.82, 2.24) is 10.2 Å². The van der Waals surface area contributed by atoms with Gasteiger partial charge in [-0.1, -0.05) is 6.92 Å². The quantitative estimate of drug-likeness (QED) is 0.660. The zero-order chi connectivity index (χ0) is 11.3. The van der Waals surface area contributed by atoms with Crippen LogP contribution in [-0.2, 0) is 4.74 Å². The molecule has 0 radical (unpaired) electrons. The number of hydrogen-bond donors (Lipinski definition) is 1. The van der Waals surface area contributed by atoms with Crippen LogP contribution in [0.4, 0.5) is 0 Å². The largest absolute Gasteiger partial charge is 0.384 e. The summed E-state index contributed by atoms with van der Waals surface area (Å²) in [5.74, 6) is 0.605. The Balaban J connectivity index is 2.02. The number of methoxy groups -OCH3 is 1. The molecule has 90 valence electrons. The Hall–Kier alpha value is -0.120. The van der Waals surface area contributed by atoms with E-state index in [1.807, 2.05) is 0 Å². The van der Waals surface area contributed by atoms with E-state index in [2.05, 4.69) is 31.1 Å². The van der Waals surface area contributed by atoms with Gasteiger partial charge in [0.1, 0.15) is 0 Å². The summed E-state index contributed by atoms with van der Waals surface area (Å²) in [6.07, 6.45) is 2.78. The van der Waals surface area contributed by atoms with Gasteiger partial charge in [-0.15, -0.1) is 0 Å². The van der Waals surface area contributed by atoms with Gasteiger partial charge in [0.25, 0.3) is 0 Å². The number of ether oxygens (including phenoxy) is 1. The number of nitrogens with one attached hydrogen (secondary N) is 1. The molecule has 2 atom stereocenters. The van der Waals surface area contributed by atoms with Crippen molar-refractivity contribution in [3.8, 4) is 0 Å². The summed E-state index contributed by atoms with van der Waals surface area (Å²) < 4.78 is 5.11. The molecule has 1 aliphatic carbocycles. The summed E-state index contributed by atoms with van der Waals surface area (Å²) in [4.78, 5) is 2.49. The van der Waals surface area contributed by atoms with Gasteiger partial charge in [0.2, 0.25) is 0 Å². The molecule has 0 spiro atoms. The van der Waals surface area contributed by atoms with Crippen molar-refractivity contribution in [1.29, 1.82) is 0 Å². The standard InChI is InChI=1S/C12H26N2O/c1-10(9-15-4)7-13-8-11(2)14(3)12-5-6-12/h10-13H,5-9H2,1-4H3. The molecule has 0 bridgehead atoms. The van der Waals surface area contributed by atoms with E-state index in [1.54, 1.807) is 7.11 Å². The first kappa shape index (κ1) is 12.9. The lowest BCUT2D eigenvalue weighted by Crippen LogP contribution is -2.40. The minimum atomic E-state index is 0.605. The second-order valence-electron chi connectivity index (χ2n) is 4.96. The van der Waals surface area contributed by atoms with Crippen molar-refractivity contribution >= 4 is 0 Å². The molecule has 2 unspecified atom stereocenters. The van der Waals surface area contributed by atoms with E-state index >= 15 is 0 Å². The highest BCUT2D eigenvalue weighted by molar-refractivity contribution is 4.85. The fraction of sp³-hybridized carbons (Fsp3) is 1.00. The molecule has 0 amide bonds. The molecule has 3 nitrogen and oxygen atoms in total. The second-order valence-corrected chi connectivity index (χ2v) is 4.96. The average molecular weight is 214 g/mol. The Morgan fingerprint density at radius 2 is 2.00 bits per heavy atom. The van der Waals surface area contributed by atoms with Crippen molar-refractivity contribution < 1.29 is 4.74 Å². The van der Waals surface area contributed by atoms with E-state index in [0.29, 0.717) is 12.0 Å². The highest BCUT2D eigenvalue weighted by atomic mass is 16.5. The number of rotatable bonds is 8. The van der Waals surface area contributed by atoms with Gasteiger partial charge < -0.3 is 10.1 Å². The lowest BCUT2D eigenvalue weighted by atomic mass is 10.2. The van der Waals surface area contributed by atoms with Crippen LogP contribution in [0.15, 0.2) is 0 Å². The lowest BCUT2D eigenvalue weighted by molar-refractivity contribution is 0.156. The summed E-state index contributed by atoms with van der Waals surface area (Å²) >= 11 is 0. The molecule has 0 aromatic heterocycles. The molecular weight excluding hydrogens is 188 g/mol. The minimum absolute atomic E-state index is 0.605. The molecule has 15 heavy (non-hydrogen) atoms. The summed E-state index contributed by atoms with van der Waals surface area (Å²) in [5.41, 5.74) is 0. The maximum absolute atomic E-state index is 5.11. The molecule has 1 N–H and O–H groups in total. The minimum Gasteiger partial charge on any atom is -0.384 e. The van der Waals surface area contributed by atoms with Crippen LogP contribution >= 0.6 is 0 Å². The molecule has 0 saturated heterocycles. The topological polar surface area (TPSA) is 24.5 Å². The molecule has 3 heteroatoms. The molecule has 1 aliphatic rings. The Kier molecular flexibility index (Phi) is 5.58. The van der Waals surface area contributed by atoms with Crippen LogP contribution < -0.4 is 5.32 Å². The number of hydrogen-bond acceptors (Lipinski definition) is 3. The zero-order valence-electron chi connectivity index (χ0n) is 10.6. The summed E-state index contributed by atoms with van der Waals surface area (Å²) in [7, 11) is 4.00.